The zero-order valence-electron chi connectivity index (χ0n) is 28.8. The highest BCUT2D eigenvalue weighted by molar-refractivity contribution is 7.23. The predicted octanol–water partition coefficient (Wildman–Crippen LogP) is 6.88. The first-order valence-electron chi connectivity index (χ1n) is 16.9. The Hall–Kier alpha value is -4.95. The number of hydrogen-bond donors (Lipinski definition) is 2. The summed E-state index contributed by atoms with van der Waals surface area (Å²) in [7, 11) is 0. The number of amides is 2. The maximum Gasteiger partial charge on any atom is 0.412 e. The van der Waals surface area contributed by atoms with Gasteiger partial charge in [-0.15, -0.1) is 11.3 Å². The summed E-state index contributed by atoms with van der Waals surface area (Å²) in [6.07, 6.45) is -0.0840. The lowest BCUT2D eigenvalue weighted by Crippen LogP contribution is -2.43. The highest BCUT2D eigenvalue weighted by Crippen LogP contribution is 2.44. The Labute approximate surface area is 300 Å². The largest absolute Gasteiger partial charge is 0.471 e. The van der Waals surface area contributed by atoms with Crippen LogP contribution in [-0.2, 0) is 4.74 Å². The number of carbonyl (C=O) groups excluding carboxylic acids is 1. The Morgan fingerprint density at radius 1 is 1.23 bits per heavy atom. The summed E-state index contributed by atoms with van der Waals surface area (Å²) in [5.74, 6) is -1.73. The molecule has 0 bridgehead atoms. The quantitative estimate of drug-likeness (QED) is 0.203. The summed E-state index contributed by atoms with van der Waals surface area (Å²) in [5, 5.41) is 22.4. The Morgan fingerprint density at radius 3 is 2.73 bits per heavy atom. The summed E-state index contributed by atoms with van der Waals surface area (Å²) in [6, 6.07) is 3.62. The second-order valence-corrected chi connectivity index (χ2v) is 15.4. The van der Waals surface area contributed by atoms with Crippen molar-refractivity contribution in [3.63, 3.8) is 0 Å². The van der Waals surface area contributed by atoms with E-state index in [1.54, 1.807) is 27.7 Å². The van der Waals surface area contributed by atoms with E-state index in [0.717, 1.165) is 30.4 Å². The van der Waals surface area contributed by atoms with E-state index in [4.69, 9.17) is 14.2 Å². The molecule has 0 spiro atoms. The molecule has 3 aliphatic rings. The summed E-state index contributed by atoms with van der Waals surface area (Å²) in [6.45, 7) is 8.01. The fourth-order valence-electron chi connectivity index (χ4n) is 7.44. The van der Waals surface area contributed by atoms with E-state index in [1.807, 2.05) is 6.07 Å². The number of alkyl halides is 1. The number of ether oxygens (including phenoxy) is 3. The number of pyridine rings is 1. The van der Waals surface area contributed by atoms with Gasteiger partial charge in [-0.3, -0.25) is 15.2 Å². The molecule has 52 heavy (non-hydrogen) atoms. The number of thiophene rings is 1. The molecule has 4 atom stereocenters. The van der Waals surface area contributed by atoms with Gasteiger partial charge >= 0.3 is 18.2 Å². The average molecular weight is 740 g/mol. The first-order chi connectivity index (χ1) is 24.7. The summed E-state index contributed by atoms with van der Waals surface area (Å²) in [4.78, 5) is 40.9. The van der Waals surface area contributed by atoms with Crippen LogP contribution in [0.25, 0.3) is 32.2 Å². The van der Waals surface area contributed by atoms with Crippen LogP contribution < -0.4 is 14.8 Å². The molecule has 0 radical (unpaired) electrons. The molecule has 3 fully saturated rings. The maximum atomic E-state index is 16.9. The fraction of sp³-hybridized carbons (Fsp3) is 0.486. The van der Waals surface area contributed by atoms with Crippen molar-refractivity contribution < 1.29 is 42.1 Å². The van der Waals surface area contributed by atoms with E-state index in [9.17, 15) is 24.3 Å². The van der Waals surface area contributed by atoms with Crippen molar-refractivity contribution in [1.82, 2.24) is 24.8 Å². The Morgan fingerprint density at radius 2 is 2.02 bits per heavy atom. The highest BCUT2D eigenvalue weighted by Gasteiger charge is 2.49. The fourth-order valence-corrected chi connectivity index (χ4v) is 8.51. The molecule has 0 saturated carbocycles. The van der Waals surface area contributed by atoms with Crippen molar-refractivity contribution >= 4 is 49.5 Å². The Kier molecular flexibility index (Phi) is 9.02. The summed E-state index contributed by atoms with van der Waals surface area (Å²) >= 11 is 0.797. The molecule has 0 aliphatic carbocycles. The van der Waals surface area contributed by atoms with Gasteiger partial charge in [-0.2, -0.15) is 15.2 Å². The van der Waals surface area contributed by atoms with Crippen LogP contribution in [0.3, 0.4) is 0 Å². The monoisotopic (exact) mass is 739 g/mol. The van der Waals surface area contributed by atoms with Crippen LogP contribution in [0.1, 0.15) is 58.9 Å². The number of hydrogen-bond acceptors (Lipinski definition) is 11. The van der Waals surface area contributed by atoms with Crippen molar-refractivity contribution in [2.45, 2.75) is 82.8 Å². The number of halogens is 3. The van der Waals surface area contributed by atoms with Gasteiger partial charge in [-0.05, 0) is 59.2 Å². The third-order valence-corrected chi connectivity index (χ3v) is 10.9. The van der Waals surface area contributed by atoms with Crippen LogP contribution in [0.15, 0.2) is 18.3 Å². The minimum Gasteiger partial charge on any atom is -0.471 e. The van der Waals surface area contributed by atoms with Gasteiger partial charge < -0.3 is 24.2 Å². The topological polar surface area (TPSA) is 163 Å². The second-order valence-electron chi connectivity index (χ2n) is 14.4. The van der Waals surface area contributed by atoms with Crippen LogP contribution in [-0.4, -0.2) is 97.7 Å². The van der Waals surface area contributed by atoms with Gasteiger partial charge in [0, 0.05) is 43.1 Å². The number of aromatic nitrogens is 3. The van der Waals surface area contributed by atoms with Gasteiger partial charge in [0.25, 0.3) is 0 Å². The lowest BCUT2D eigenvalue weighted by atomic mass is 9.95. The molecule has 2 amide bonds. The third-order valence-electron chi connectivity index (χ3n) is 9.82. The highest BCUT2D eigenvalue weighted by atomic mass is 32.1. The lowest BCUT2D eigenvalue weighted by molar-refractivity contribution is 0.0636. The van der Waals surface area contributed by atoms with Crippen LogP contribution in [0.2, 0.25) is 0 Å². The van der Waals surface area contributed by atoms with Crippen LogP contribution in [0.4, 0.5) is 27.8 Å². The van der Waals surface area contributed by atoms with Gasteiger partial charge in [0.15, 0.2) is 5.82 Å². The van der Waals surface area contributed by atoms with E-state index in [2.05, 4.69) is 25.2 Å². The second kappa shape index (κ2) is 13.2. The Bertz CT molecular complexity index is 2140. The minimum absolute atomic E-state index is 0.0110. The van der Waals surface area contributed by atoms with Crippen molar-refractivity contribution in [1.29, 1.82) is 5.26 Å². The van der Waals surface area contributed by atoms with Crippen molar-refractivity contribution in [2.24, 2.45) is 0 Å². The molecule has 17 heteroatoms. The van der Waals surface area contributed by atoms with Crippen LogP contribution in [0, 0.1) is 23.0 Å². The number of nitrogens with zero attached hydrogens (tertiary/aromatic N) is 6. The van der Waals surface area contributed by atoms with Gasteiger partial charge in [0.1, 0.15) is 52.6 Å². The normalized spacial score (nSPS) is 23.2. The molecule has 6 heterocycles. The molecule has 2 N–H and O–H groups in total. The number of rotatable bonds is 7. The van der Waals surface area contributed by atoms with E-state index in [0.29, 0.717) is 19.4 Å². The molecule has 3 aromatic heterocycles. The number of fused-ring (bicyclic) bond motifs is 3. The minimum atomic E-state index is -1.10. The SMILES string of the molecule is C[C@@H]1[C@H](Oc2nc(OC[C@@]34CCCN3C[C@H](F)C4)nc3c(F)c(-c4ccc(F)c5sc(NC(=O)OC(C)(C)C)c(C#N)c45)ncc23)CCN1C(=O)O. The first kappa shape index (κ1) is 35.5. The smallest absolute Gasteiger partial charge is 0.412 e. The molecule has 7 rings (SSSR count). The number of nitrogens with one attached hydrogen (secondary N) is 1. The van der Waals surface area contributed by atoms with Crippen molar-refractivity contribution in [3.8, 4) is 29.2 Å². The van der Waals surface area contributed by atoms with Crippen molar-refractivity contribution in [3.05, 3.63) is 35.5 Å². The maximum absolute atomic E-state index is 16.9. The molecule has 4 aromatic rings. The average Bonchev–Trinajstić information content (AvgIpc) is 3.81. The predicted molar refractivity (Wildman–Crippen MR) is 184 cm³/mol. The van der Waals surface area contributed by atoms with Gasteiger partial charge in [0.05, 0.1) is 27.2 Å². The standard InChI is InChI=1S/C35H36F3N7O6S/c1-17-23(8-11-45(17)33(47)48)50-29-21-14-40-26(25(38)27(21)41-31(42-29)49-16-35-9-5-10-44(35)15-18(36)12-35)19-6-7-22(37)28-24(19)20(13-39)30(52-28)43-32(46)51-34(2,3)4/h6-7,14,17-18,23H,5,8-12,15-16H2,1-4H3,(H,43,46)(H,47,48)/t17-,18-,23-,35+/m1/s1. The van der Waals surface area contributed by atoms with E-state index in [1.165, 1.54) is 17.2 Å². The summed E-state index contributed by atoms with van der Waals surface area (Å²) < 4.78 is 64.2. The number of likely N-dealkylation sites (tertiary alicyclic amines) is 1. The molecule has 274 valence electrons. The van der Waals surface area contributed by atoms with E-state index < -0.39 is 53.3 Å². The number of benzene rings is 1. The van der Waals surface area contributed by atoms with Gasteiger partial charge in [-0.1, -0.05) is 0 Å². The van der Waals surface area contributed by atoms with E-state index >= 15 is 8.78 Å². The van der Waals surface area contributed by atoms with Gasteiger partial charge in [0.2, 0.25) is 5.88 Å². The molecule has 3 aliphatic heterocycles. The number of carboxylic acid groups (broad SMARTS) is 1. The van der Waals surface area contributed by atoms with Crippen molar-refractivity contribution in [2.75, 3.05) is 31.6 Å². The molecule has 13 nitrogen and oxygen atoms in total. The number of carbonyl (C=O) groups is 2. The zero-order valence-corrected chi connectivity index (χ0v) is 29.7. The Balaban J connectivity index is 1.32. The number of nitriles is 1. The number of anilines is 1. The van der Waals surface area contributed by atoms with E-state index in [-0.39, 0.29) is 74.3 Å². The van der Waals surface area contributed by atoms with Crippen LogP contribution >= 0.6 is 11.3 Å². The lowest BCUT2D eigenvalue weighted by Gasteiger charge is -2.30. The molecular weight excluding hydrogens is 703 g/mol. The third kappa shape index (κ3) is 6.38. The molecule has 0 unspecified atom stereocenters. The summed E-state index contributed by atoms with van der Waals surface area (Å²) in [5.41, 5.74) is -1.97. The first-order valence-corrected chi connectivity index (χ1v) is 17.7. The van der Waals surface area contributed by atoms with Crippen LogP contribution in [0.5, 0.6) is 11.9 Å². The molecular formula is C35H36F3N7O6S. The molecule has 3 saturated heterocycles. The molecule has 1 aromatic carbocycles. The van der Waals surface area contributed by atoms with Gasteiger partial charge in [-0.25, -0.2) is 22.8 Å². The zero-order chi connectivity index (χ0) is 37.1.